The maximum absolute atomic E-state index is 12.4. The predicted molar refractivity (Wildman–Crippen MR) is 200 cm³/mol. The normalized spacial score (nSPS) is 20.8. The van der Waals surface area contributed by atoms with Gasteiger partial charge in [0.05, 0.1) is 19.6 Å². The topological polar surface area (TPSA) is 391 Å². The highest BCUT2D eigenvalue weighted by Crippen LogP contribution is 2.20. The summed E-state index contributed by atoms with van der Waals surface area (Å²) in [4.78, 5) is 58.8. The zero-order valence-electron chi connectivity index (χ0n) is 30.1. The molecule has 1 fully saturated rings. The number of guanidine groups is 4. The summed E-state index contributed by atoms with van der Waals surface area (Å²) >= 11 is 0. The molecule has 0 radical (unpaired) electrons. The molecule has 1 rings (SSSR count). The summed E-state index contributed by atoms with van der Waals surface area (Å²) in [6.07, 6.45) is 3.98. The molecular weight excluding hydrogens is 680 g/mol. The van der Waals surface area contributed by atoms with Gasteiger partial charge in [-0.1, -0.05) is 0 Å². The van der Waals surface area contributed by atoms with Crippen LogP contribution in [0.2, 0.25) is 0 Å². The Hall–Kier alpha value is -4.67. The summed E-state index contributed by atoms with van der Waals surface area (Å²) in [7, 11) is 0. The minimum absolute atomic E-state index is 0.0449. The van der Waals surface area contributed by atoms with Crippen molar-refractivity contribution in [1.82, 2.24) is 20.0 Å². The van der Waals surface area contributed by atoms with Crippen LogP contribution < -0.4 is 51.2 Å². The van der Waals surface area contributed by atoms with E-state index in [1.807, 2.05) is 9.80 Å². The third kappa shape index (κ3) is 21.5. The van der Waals surface area contributed by atoms with Crippen LogP contribution >= 0.6 is 0 Å². The highest BCUT2D eigenvalue weighted by Gasteiger charge is 2.33. The number of aliphatic carboxylic acids is 3. The largest absolute Gasteiger partial charge is 0.480 e. The predicted octanol–water partition coefficient (Wildman–Crippen LogP) is -4.56. The zero-order chi connectivity index (χ0) is 39.1. The number of carboxylic acid groups (broad SMARTS) is 3. The minimum atomic E-state index is -1.09. The number of carbonyl (C=O) groups is 3. The lowest BCUT2D eigenvalue weighted by Gasteiger charge is -2.43. The van der Waals surface area contributed by atoms with E-state index in [1.54, 1.807) is 4.90 Å². The van der Waals surface area contributed by atoms with Crippen LogP contribution in [-0.4, -0.2) is 168 Å². The number of rotatable bonds is 22. The van der Waals surface area contributed by atoms with E-state index in [0.717, 1.165) is 0 Å². The molecule has 0 saturated carbocycles. The summed E-state index contributed by atoms with van der Waals surface area (Å²) in [5, 5.41) is 33.8. The molecule has 20 N–H and O–H groups in total. The number of nitrogens with one attached hydrogen (secondary N) is 1. The van der Waals surface area contributed by atoms with Gasteiger partial charge >= 0.3 is 17.9 Å². The van der Waals surface area contributed by atoms with Crippen molar-refractivity contribution in [3.8, 4) is 0 Å². The van der Waals surface area contributed by atoms with Crippen molar-refractivity contribution in [3.05, 3.63) is 0 Å². The molecule has 4 atom stereocenters. The second kappa shape index (κ2) is 25.3. The summed E-state index contributed by atoms with van der Waals surface area (Å²) in [5.74, 6) is -3.46. The standard InChI is InChI=1S/C30H62N16O6/c31-27(32)39-9-1-5-20-14-44(17-24(47)48)22(7-3-11-41-29(35)36)16-46(19-26(51)52)23(8-4-12-42-30(37)38)15-45(18-25(49)50)21(13-43-20)6-2-10-40-28(33)34/h20-23,43H,1-19H2,(H,47,48)(H,49,50)(H,51,52)(H4,31,32,39)(H4,33,34,40)(H4,35,36,41)(H4,37,38,42)/t20-,21-,22-,23-/m0/s1. The Bertz CT molecular complexity index is 1190. The SMILES string of the molecule is NC(N)=NCCC[C@H]1CN(CC(=O)O)[C@@H](CCCN=C(N)N)CN(CC(=O)O)[C@@H](CCCN=C(N)N)CN(CC(=O)O)[C@@H](CCCN=C(N)N)CN1. The van der Waals surface area contributed by atoms with Gasteiger partial charge in [-0.2, -0.15) is 0 Å². The number of hydrogen-bond donors (Lipinski definition) is 12. The third-order valence-corrected chi connectivity index (χ3v) is 8.53. The summed E-state index contributed by atoms with van der Waals surface area (Å²) in [5.41, 5.74) is 44.3. The molecule has 0 aromatic carbocycles. The second-order valence-corrected chi connectivity index (χ2v) is 12.8. The first kappa shape index (κ1) is 45.4. The molecular formula is C30H62N16O6. The van der Waals surface area contributed by atoms with Crippen molar-refractivity contribution >= 4 is 41.7 Å². The van der Waals surface area contributed by atoms with E-state index in [9.17, 15) is 29.7 Å². The summed E-state index contributed by atoms with van der Waals surface area (Å²) in [6.45, 7) is 1.17. The summed E-state index contributed by atoms with van der Waals surface area (Å²) < 4.78 is 0. The third-order valence-electron chi connectivity index (χ3n) is 8.53. The number of nitrogens with two attached hydrogens (primary N) is 8. The van der Waals surface area contributed by atoms with Crippen LogP contribution in [0.3, 0.4) is 0 Å². The molecule has 298 valence electrons. The molecule has 0 aliphatic carbocycles. The van der Waals surface area contributed by atoms with Crippen LogP contribution in [0.4, 0.5) is 0 Å². The van der Waals surface area contributed by atoms with E-state index in [1.165, 1.54) is 0 Å². The van der Waals surface area contributed by atoms with E-state index in [2.05, 4.69) is 25.3 Å². The smallest absolute Gasteiger partial charge is 0.317 e. The lowest BCUT2D eigenvalue weighted by molar-refractivity contribution is -0.142. The monoisotopic (exact) mass is 743 g/mol. The van der Waals surface area contributed by atoms with E-state index in [0.29, 0.717) is 71.0 Å². The number of carboxylic acids is 3. The molecule has 1 heterocycles. The molecule has 0 bridgehead atoms. The van der Waals surface area contributed by atoms with Gasteiger partial charge < -0.3 is 66.5 Å². The highest BCUT2D eigenvalue weighted by molar-refractivity contribution is 5.76. The van der Waals surface area contributed by atoms with Gasteiger partial charge in [0.25, 0.3) is 0 Å². The first-order chi connectivity index (χ1) is 24.6. The van der Waals surface area contributed by atoms with Gasteiger partial charge in [0.2, 0.25) is 0 Å². The van der Waals surface area contributed by atoms with Crippen LogP contribution in [0, 0.1) is 0 Å². The molecule has 1 aliphatic rings. The first-order valence-electron chi connectivity index (χ1n) is 17.4. The number of aliphatic imine (C=N–C) groups is 4. The number of nitrogens with zero attached hydrogens (tertiary/aromatic N) is 7. The van der Waals surface area contributed by atoms with E-state index < -0.39 is 30.0 Å². The van der Waals surface area contributed by atoms with Gasteiger partial charge in [0.15, 0.2) is 23.8 Å². The van der Waals surface area contributed by atoms with Crippen molar-refractivity contribution < 1.29 is 29.7 Å². The average Bonchev–Trinajstić information content (AvgIpc) is 3.02. The lowest BCUT2D eigenvalue weighted by atomic mass is 10.00. The molecule has 52 heavy (non-hydrogen) atoms. The molecule has 0 aromatic rings. The van der Waals surface area contributed by atoms with Gasteiger partial charge in [-0.05, 0) is 51.4 Å². The van der Waals surface area contributed by atoms with Crippen LogP contribution in [0.15, 0.2) is 20.0 Å². The van der Waals surface area contributed by atoms with E-state index in [4.69, 9.17) is 45.9 Å². The van der Waals surface area contributed by atoms with Crippen molar-refractivity contribution in [3.63, 3.8) is 0 Å². The quantitative estimate of drug-likeness (QED) is 0.0282. The molecule has 22 nitrogen and oxygen atoms in total. The fourth-order valence-electron chi connectivity index (χ4n) is 6.28. The molecule has 0 aromatic heterocycles. The van der Waals surface area contributed by atoms with Crippen LogP contribution in [0.5, 0.6) is 0 Å². The van der Waals surface area contributed by atoms with Gasteiger partial charge in [-0.25, -0.2) is 0 Å². The van der Waals surface area contributed by atoms with Crippen molar-refractivity contribution in [1.29, 1.82) is 0 Å². The molecule has 1 saturated heterocycles. The van der Waals surface area contributed by atoms with Crippen molar-refractivity contribution in [2.75, 3.05) is 72.0 Å². The molecule has 1 aliphatic heterocycles. The fourth-order valence-corrected chi connectivity index (χ4v) is 6.28. The Morgan fingerprint density at radius 2 is 0.808 bits per heavy atom. The molecule has 0 unspecified atom stereocenters. The number of hydrogen-bond acceptors (Lipinski definition) is 11. The van der Waals surface area contributed by atoms with Gasteiger partial charge in [0, 0.05) is 76.5 Å². The van der Waals surface area contributed by atoms with Crippen LogP contribution in [0.1, 0.15) is 51.4 Å². The maximum Gasteiger partial charge on any atom is 0.317 e. The Morgan fingerprint density at radius 1 is 0.500 bits per heavy atom. The van der Waals surface area contributed by atoms with Crippen LogP contribution in [0.25, 0.3) is 0 Å². The molecule has 0 spiro atoms. The Kier molecular flexibility index (Phi) is 22.1. The Morgan fingerprint density at radius 3 is 1.15 bits per heavy atom. The zero-order valence-corrected chi connectivity index (χ0v) is 30.1. The van der Waals surface area contributed by atoms with Crippen LogP contribution in [-0.2, 0) is 14.4 Å². The maximum atomic E-state index is 12.4. The van der Waals surface area contributed by atoms with Gasteiger partial charge in [0.1, 0.15) is 0 Å². The second-order valence-electron chi connectivity index (χ2n) is 12.8. The van der Waals surface area contributed by atoms with Crippen molar-refractivity contribution in [2.45, 2.75) is 75.5 Å². The van der Waals surface area contributed by atoms with E-state index in [-0.39, 0.29) is 88.3 Å². The highest BCUT2D eigenvalue weighted by atomic mass is 16.4. The molecule has 0 amide bonds. The van der Waals surface area contributed by atoms with E-state index >= 15 is 0 Å². The lowest BCUT2D eigenvalue weighted by Crippen LogP contribution is -2.59. The minimum Gasteiger partial charge on any atom is -0.480 e. The Labute approximate surface area is 304 Å². The average molecular weight is 743 g/mol. The van der Waals surface area contributed by atoms with Gasteiger partial charge in [-0.15, -0.1) is 0 Å². The molecule has 22 heteroatoms. The first-order valence-corrected chi connectivity index (χ1v) is 17.4. The van der Waals surface area contributed by atoms with Crippen molar-refractivity contribution in [2.24, 2.45) is 65.8 Å². The summed E-state index contributed by atoms with van der Waals surface area (Å²) in [6, 6.07) is -1.55. The van der Waals surface area contributed by atoms with Gasteiger partial charge in [-0.3, -0.25) is 49.1 Å². The fraction of sp³-hybridized carbons (Fsp3) is 0.767. The Balaban J connectivity index is 3.80.